The van der Waals surface area contributed by atoms with Gasteiger partial charge in [-0.1, -0.05) is 6.07 Å². The number of carbonyl (C=O) groups is 1. The molecular weight excluding hydrogens is 430 g/mol. The van der Waals surface area contributed by atoms with Crippen LogP contribution in [0.5, 0.6) is 0 Å². The quantitative estimate of drug-likeness (QED) is 0.703. The van der Waals surface area contributed by atoms with Crippen LogP contribution in [0.2, 0.25) is 0 Å². The summed E-state index contributed by atoms with van der Waals surface area (Å²) in [7, 11) is -4.43. The van der Waals surface area contributed by atoms with Crippen molar-refractivity contribution in [2.45, 2.75) is 9.79 Å². The van der Waals surface area contributed by atoms with Gasteiger partial charge in [-0.15, -0.1) is 0 Å². The number of hydrogen-bond donors (Lipinski definition) is 1. The predicted molar refractivity (Wildman–Crippen MR) is 111 cm³/mol. The van der Waals surface area contributed by atoms with Crippen molar-refractivity contribution in [3.05, 3.63) is 54.1 Å². The summed E-state index contributed by atoms with van der Waals surface area (Å²) in [5, 5.41) is 2.65. The van der Waals surface area contributed by atoms with Crippen LogP contribution < -0.4 is 5.32 Å². The Kier molecular flexibility index (Phi) is 6.58. The minimum absolute atomic E-state index is 0.0719. The molecule has 162 valence electrons. The molecule has 1 fully saturated rings. The summed E-state index contributed by atoms with van der Waals surface area (Å²) < 4.78 is 57.4. The molecule has 1 aliphatic heterocycles. The number of nitrogens with one attached hydrogen (secondary N) is 1. The Morgan fingerprint density at radius 3 is 2.20 bits per heavy atom. The van der Waals surface area contributed by atoms with Crippen LogP contribution in [0.1, 0.15) is 10.4 Å². The van der Waals surface area contributed by atoms with Crippen LogP contribution in [0.4, 0.5) is 5.69 Å². The maximum atomic E-state index is 12.8. The first-order chi connectivity index (χ1) is 14.1. The second kappa shape index (κ2) is 8.82. The zero-order valence-corrected chi connectivity index (χ0v) is 18.2. The minimum Gasteiger partial charge on any atom is -0.379 e. The van der Waals surface area contributed by atoms with E-state index in [9.17, 15) is 21.6 Å². The SMILES string of the molecule is CN(C)S(=O)(=O)c1ccc(C(=O)Nc2cccc(S(=O)(=O)N3CCOCC3)c2)cc1. The van der Waals surface area contributed by atoms with Gasteiger partial charge in [0.2, 0.25) is 20.0 Å². The van der Waals surface area contributed by atoms with Gasteiger partial charge in [-0.25, -0.2) is 21.1 Å². The standard InChI is InChI=1S/C19H23N3O6S2/c1-21(2)29(24,25)17-8-6-15(7-9-17)19(23)20-16-4-3-5-18(14-16)30(26,27)22-10-12-28-13-11-22/h3-9,14H,10-13H2,1-2H3,(H,20,23). The fourth-order valence-electron chi connectivity index (χ4n) is 2.86. The number of benzene rings is 2. The topological polar surface area (TPSA) is 113 Å². The summed E-state index contributed by atoms with van der Waals surface area (Å²) >= 11 is 0. The number of anilines is 1. The molecule has 11 heteroatoms. The van der Waals surface area contributed by atoms with E-state index in [0.29, 0.717) is 18.9 Å². The van der Waals surface area contributed by atoms with Crippen LogP contribution in [0.25, 0.3) is 0 Å². The highest BCUT2D eigenvalue weighted by molar-refractivity contribution is 7.89. The first-order valence-electron chi connectivity index (χ1n) is 9.14. The lowest BCUT2D eigenvalue weighted by atomic mass is 10.2. The van der Waals surface area contributed by atoms with Crippen LogP contribution >= 0.6 is 0 Å². The van der Waals surface area contributed by atoms with Gasteiger partial charge >= 0.3 is 0 Å². The number of nitrogens with zero attached hydrogens (tertiary/aromatic N) is 2. The lowest BCUT2D eigenvalue weighted by Crippen LogP contribution is -2.40. The lowest BCUT2D eigenvalue weighted by Gasteiger charge is -2.26. The van der Waals surface area contributed by atoms with E-state index in [2.05, 4.69) is 5.32 Å². The van der Waals surface area contributed by atoms with E-state index in [1.54, 1.807) is 12.1 Å². The highest BCUT2D eigenvalue weighted by Gasteiger charge is 2.26. The third kappa shape index (κ3) is 4.71. The summed E-state index contributed by atoms with van der Waals surface area (Å²) in [6, 6.07) is 11.5. The fraction of sp³-hybridized carbons (Fsp3) is 0.316. The summed E-state index contributed by atoms with van der Waals surface area (Å²) in [5.41, 5.74) is 0.563. The number of ether oxygens (including phenoxy) is 1. The van der Waals surface area contributed by atoms with E-state index in [-0.39, 0.29) is 28.4 Å². The minimum atomic E-state index is -3.68. The molecule has 1 N–H and O–H groups in total. The van der Waals surface area contributed by atoms with E-state index in [1.165, 1.54) is 54.8 Å². The van der Waals surface area contributed by atoms with Gasteiger partial charge in [0.25, 0.3) is 5.91 Å². The molecule has 3 rings (SSSR count). The lowest BCUT2D eigenvalue weighted by molar-refractivity contribution is 0.0730. The number of rotatable bonds is 6. The van der Waals surface area contributed by atoms with Crippen LogP contribution in [-0.4, -0.2) is 71.8 Å². The molecule has 30 heavy (non-hydrogen) atoms. The van der Waals surface area contributed by atoms with Crippen molar-refractivity contribution in [3.8, 4) is 0 Å². The Morgan fingerprint density at radius 1 is 0.967 bits per heavy atom. The second-order valence-electron chi connectivity index (χ2n) is 6.81. The van der Waals surface area contributed by atoms with Gasteiger partial charge in [0.15, 0.2) is 0 Å². The maximum absolute atomic E-state index is 12.8. The molecule has 2 aromatic rings. The Morgan fingerprint density at radius 2 is 1.60 bits per heavy atom. The van der Waals surface area contributed by atoms with Gasteiger partial charge in [0, 0.05) is 38.4 Å². The van der Waals surface area contributed by atoms with E-state index >= 15 is 0 Å². The molecule has 0 spiro atoms. The van der Waals surface area contributed by atoms with Crippen molar-refractivity contribution in [2.24, 2.45) is 0 Å². The Bertz CT molecular complexity index is 1120. The number of sulfonamides is 2. The van der Waals surface area contributed by atoms with Crippen molar-refractivity contribution < 1.29 is 26.4 Å². The Hall–Kier alpha value is -2.31. The number of amides is 1. The summed E-state index contributed by atoms with van der Waals surface area (Å²) in [4.78, 5) is 12.7. The normalized spacial score (nSPS) is 15.8. The molecule has 9 nitrogen and oxygen atoms in total. The Balaban J connectivity index is 1.77. The van der Waals surface area contributed by atoms with Crippen LogP contribution in [0, 0.1) is 0 Å². The zero-order valence-electron chi connectivity index (χ0n) is 16.6. The fourth-order valence-corrected chi connectivity index (χ4v) is 5.22. The molecule has 0 unspecified atom stereocenters. The van der Waals surface area contributed by atoms with E-state index in [0.717, 1.165) is 4.31 Å². The first-order valence-corrected chi connectivity index (χ1v) is 12.0. The smallest absolute Gasteiger partial charge is 0.255 e. The summed E-state index contributed by atoms with van der Waals surface area (Å²) in [5.74, 6) is -0.482. The van der Waals surface area contributed by atoms with Gasteiger partial charge in [-0.3, -0.25) is 4.79 Å². The van der Waals surface area contributed by atoms with Crippen molar-refractivity contribution in [1.29, 1.82) is 0 Å². The van der Waals surface area contributed by atoms with Gasteiger partial charge in [0.1, 0.15) is 0 Å². The second-order valence-corrected chi connectivity index (χ2v) is 10.9. The third-order valence-corrected chi connectivity index (χ3v) is 8.32. The average molecular weight is 454 g/mol. The molecule has 0 bridgehead atoms. The first kappa shape index (κ1) is 22.4. The molecule has 1 aliphatic rings. The van der Waals surface area contributed by atoms with Crippen LogP contribution in [0.3, 0.4) is 0 Å². The number of carbonyl (C=O) groups excluding carboxylic acids is 1. The van der Waals surface area contributed by atoms with Crippen LogP contribution in [0.15, 0.2) is 58.3 Å². The zero-order chi connectivity index (χ0) is 21.9. The molecular formula is C19H23N3O6S2. The van der Waals surface area contributed by atoms with Gasteiger partial charge in [-0.2, -0.15) is 4.31 Å². The third-order valence-electron chi connectivity index (χ3n) is 4.59. The van der Waals surface area contributed by atoms with Gasteiger partial charge in [-0.05, 0) is 42.5 Å². The average Bonchev–Trinajstić information content (AvgIpc) is 2.74. The Labute approximate surface area is 176 Å². The molecule has 0 saturated carbocycles. The monoisotopic (exact) mass is 453 g/mol. The summed E-state index contributed by atoms with van der Waals surface area (Å²) in [6.45, 7) is 1.24. The van der Waals surface area contributed by atoms with E-state index in [4.69, 9.17) is 4.74 Å². The van der Waals surface area contributed by atoms with Crippen molar-refractivity contribution in [3.63, 3.8) is 0 Å². The molecule has 1 heterocycles. The highest BCUT2D eigenvalue weighted by atomic mass is 32.2. The molecule has 0 atom stereocenters. The van der Waals surface area contributed by atoms with Crippen molar-refractivity contribution in [2.75, 3.05) is 45.7 Å². The van der Waals surface area contributed by atoms with Crippen molar-refractivity contribution in [1.82, 2.24) is 8.61 Å². The molecule has 2 aromatic carbocycles. The molecule has 0 aromatic heterocycles. The number of hydrogen-bond acceptors (Lipinski definition) is 6. The van der Waals surface area contributed by atoms with Crippen molar-refractivity contribution >= 4 is 31.6 Å². The van der Waals surface area contributed by atoms with Crippen LogP contribution in [-0.2, 0) is 24.8 Å². The largest absolute Gasteiger partial charge is 0.379 e. The van der Waals surface area contributed by atoms with E-state index in [1.807, 2.05) is 0 Å². The maximum Gasteiger partial charge on any atom is 0.255 e. The molecule has 0 aliphatic carbocycles. The van der Waals surface area contributed by atoms with E-state index < -0.39 is 26.0 Å². The molecule has 1 amide bonds. The number of morpholine rings is 1. The summed E-state index contributed by atoms with van der Waals surface area (Å²) in [6.07, 6.45) is 0. The van der Waals surface area contributed by atoms with Gasteiger partial charge < -0.3 is 10.1 Å². The predicted octanol–water partition coefficient (Wildman–Crippen LogP) is 1.21. The van der Waals surface area contributed by atoms with Gasteiger partial charge in [0.05, 0.1) is 23.0 Å². The highest BCUT2D eigenvalue weighted by Crippen LogP contribution is 2.21. The molecule has 1 saturated heterocycles. The molecule has 0 radical (unpaired) electrons.